The topological polar surface area (TPSA) is 84.4 Å². The number of anilines is 3. The number of pyridine rings is 1. The Bertz CT molecular complexity index is 1100. The average Bonchev–Trinajstić information content (AvgIpc) is 2.87. The zero-order valence-electron chi connectivity index (χ0n) is 19.6. The van der Waals surface area contributed by atoms with Gasteiger partial charge in [0.25, 0.3) is 0 Å². The van der Waals surface area contributed by atoms with Crippen LogP contribution < -0.4 is 15.4 Å². The number of methoxy groups -OCH3 is 1. The summed E-state index contributed by atoms with van der Waals surface area (Å²) >= 11 is 0. The van der Waals surface area contributed by atoms with E-state index in [1.54, 1.807) is 19.5 Å². The molecular formula is C26H30N6O2. The fraction of sp³-hybridized carbons (Fsp3) is 0.346. The van der Waals surface area contributed by atoms with Crippen LogP contribution >= 0.6 is 0 Å². The Balaban J connectivity index is 1.57. The van der Waals surface area contributed by atoms with Crippen molar-refractivity contribution in [1.29, 1.82) is 0 Å². The second-order valence-corrected chi connectivity index (χ2v) is 8.26. The van der Waals surface area contributed by atoms with E-state index < -0.39 is 0 Å². The molecule has 4 rings (SSSR count). The van der Waals surface area contributed by atoms with Crippen LogP contribution in [0, 0.1) is 12.3 Å². The van der Waals surface area contributed by atoms with Gasteiger partial charge in [-0.2, -0.15) is 0 Å². The van der Waals surface area contributed by atoms with Gasteiger partial charge in [0.15, 0.2) is 0 Å². The van der Waals surface area contributed by atoms with E-state index in [-0.39, 0.29) is 0 Å². The van der Waals surface area contributed by atoms with E-state index >= 15 is 0 Å². The van der Waals surface area contributed by atoms with Gasteiger partial charge in [0.1, 0.15) is 29.7 Å². The van der Waals surface area contributed by atoms with E-state index in [2.05, 4.69) is 55.6 Å². The number of ether oxygens (including phenoxy) is 2. The number of likely N-dealkylation sites (tertiary alicyclic amines) is 1. The lowest BCUT2D eigenvalue weighted by Gasteiger charge is -2.30. The minimum Gasteiger partial charge on any atom is -0.491 e. The van der Waals surface area contributed by atoms with E-state index in [0.29, 0.717) is 36.6 Å². The van der Waals surface area contributed by atoms with E-state index in [4.69, 9.17) is 15.9 Å². The Morgan fingerprint density at radius 3 is 2.47 bits per heavy atom. The summed E-state index contributed by atoms with van der Waals surface area (Å²) in [4.78, 5) is 15.5. The van der Waals surface area contributed by atoms with E-state index in [0.717, 1.165) is 48.5 Å². The number of hydrogen-bond acceptors (Lipinski definition) is 8. The van der Waals surface area contributed by atoms with Gasteiger partial charge in [0.05, 0.1) is 19.0 Å². The zero-order valence-corrected chi connectivity index (χ0v) is 19.6. The van der Waals surface area contributed by atoms with Crippen LogP contribution in [-0.4, -0.2) is 66.4 Å². The molecule has 0 spiro atoms. The van der Waals surface area contributed by atoms with Gasteiger partial charge in [-0.25, -0.2) is 15.0 Å². The van der Waals surface area contributed by atoms with Gasteiger partial charge < -0.3 is 25.0 Å². The minimum atomic E-state index is 0.400. The molecule has 1 aliphatic rings. The number of aromatic nitrogens is 3. The number of terminal acetylenes is 1. The summed E-state index contributed by atoms with van der Waals surface area (Å²) in [5.74, 6) is 4.55. The summed E-state index contributed by atoms with van der Waals surface area (Å²) in [6.07, 6.45) is 12.6. The van der Waals surface area contributed by atoms with Crippen LogP contribution in [0.4, 0.5) is 17.3 Å². The van der Waals surface area contributed by atoms with Gasteiger partial charge in [-0.15, -0.1) is 6.42 Å². The lowest BCUT2D eigenvalue weighted by atomic mass is 10.0. The Morgan fingerprint density at radius 2 is 1.79 bits per heavy atom. The number of hydrogen-bond donors (Lipinski definition) is 2. The van der Waals surface area contributed by atoms with Crippen molar-refractivity contribution in [1.82, 2.24) is 19.9 Å². The van der Waals surface area contributed by atoms with Crippen LogP contribution in [0.5, 0.6) is 5.75 Å². The third kappa shape index (κ3) is 6.22. The standard InChI is InChI=1S/C26H30N6O2/c1-4-20-16-28-26(18-27-20)31-25-15-24(30-21-9-11-32(2)12-10-21)23(17-29-25)19-5-7-22(8-6-19)34-14-13-33-3/h1,5-8,15-18,21H,9-14H2,2-3H3,(H2,28,29,30,31). The molecule has 34 heavy (non-hydrogen) atoms. The Morgan fingerprint density at radius 1 is 1.03 bits per heavy atom. The largest absolute Gasteiger partial charge is 0.491 e. The highest BCUT2D eigenvalue weighted by Crippen LogP contribution is 2.32. The number of rotatable bonds is 9. The first-order valence-electron chi connectivity index (χ1n) is 11.4. The van der Waals surface area contributed by atoms with Gasteiger partial charge in [0, 0.05) is 36.7 Å². The van der Waals surface area contributed by atoms with Crippen molar-refractivity contribution in [2.75, 3.05) is 51.1 Å². The van der Waals surface area contributed by atoms with Gasteiger partial charge in [-0.3, -0.25) is 0 Å². The van der Waals surface area contributed by atoms with Crippen LogP contribution in [0.15, 0.2) is 48.9 Å². The molecule has 2 N–H and O–H groups in total. The fourth-order valence-corrected chi connectivity index (χ4v) is 3.82. The molecule has 3 heterocycles. The van der Waals surface area contributed by atoms with Crippen LogP contribution in [0.2, 0.25) is 0 Å². The highest BCUT2D eigenvalue weighted by atomic mass is 16.5. The van der Waals surface area contributed by atoms with Gasteiger partial charge in [-0.05, 0) is 56.6 Å². The maximum absolute atomic E-state index is 5.71. The molecule has 0 bridgehead atoms. The second-order valence-electron chi connectivity index (χ2n) is 8.26. The maximum atomic E-state index is 5.71. The second kappa shape index (κ2) is 11.5. The third-order valence-electron chi connectivity index (χ3n) is 5.76. The molecule has 1 aromatic carbocycles. The molecule has 0 amide bonds. The van der Waals surface area contributed by atoms with Gasteiger partial charge in [0.2, 0.25) is 0 Å². The highest BCUT2D eigenvalue weighted by molar-refractivity contribution is 5.80. The normalized spacial score (nSPS) is 14.4. The monoisotopic (exact) mass is 458 g/mol. The van der Waals surface area contributed by atoms with Gasteiger partial charge >= 0.3 is 0 Å². The molecule has 8 nitrogen and oxygen atoms in total. The summed E-state index contributed by atoms with van der Waals surface area (Å²) in [6, 6.07) is 10.5. The molecule has 0 unspecified atom stereocenters. The maximum Gasteiger partial charge on any atom is 0.150 e. The minimum absolute atomic E-state index is 0.400. The van der Waals surface area contributed by atoms with Crippen LogP contribution in [0.3, 0.4) is 0 Å². The van der Waals surface area contributed by atoms with Crippen molar-refractivity contribution >= 4 is 17.3 Å². The first-order valence-corrected chi connectivity index (χ1v) is 11.4. The van der Waals surface area contributed by atoms with Crippen molar-refractivity contribution in [2.24, 2.45) is 0 Å². The highest BCUT2D eigenvalue weighted by Gasteiger charge is 2.18. The van der Waals surface area contributed by atoms with Crippen LogP contribution in [0.25, 0.3) is 11.1 Å². The number of piperidine rings is 1. The Hall–Kier alpha value is -3.67. The molecule has 1 aliphatic heterocycles. The van der Waals surface area contributed by atoms with E-state index in [9.17, 15) is 0 Å². The molecule has 0 aliphatic carbocycles. The molecule has 2 aromatic heterocycles. The predicted octanol–water partition coefficient (Wildman–Crippen LogP) is 3.79. The summed E-state index contributed by atoms with van der Waals surface area (Å²) in [5, 5.41) is 6.98. The van der Waals surface area contributed by atoms with Crippen LogP contribution in [0.1, 0.15) is 18.5 Å². The van der Waals surface area contributed by atoms with Crippen LogP contribution in [-0.2, 0) is 4.74 Å². The van der Waals surface area contributed by atoms with Gasteiger partial charge in [-0.1, -0.05) is 12.1 Å². The van der Waals surface area contributed by atoms with Crippen molar-refractivity contribution in [3.05, 3.63) is 54.6 Å². The smallest absolute Gasteiger partial charge is 0.150 e. The van der Waals surface area contributed by atoms with Crippen molar-refractivity contribution in [2.45, 2.75) is 18.9 Å². The van der Waals surface area contributed by atoms with Crippen molar-refractivity contribution in [3.8, 4) is 29.2 Å². The predicted molar refractivity (Wildman–Crippen MR) is 134 cm³/mol. The fourth-order valence-electron chi connectivity index (χ4n) is 3.82. The molecule has 3 aromatic rings. The summed E-state index contributed by atoms with van der Waals surface area (Å²) < 4.78 is 10.8. The zero-order chi connectivity index (χ0) is 23.8. The Kier molecular flexibility index (Phi) is 7.91. The summed E-state index contributed by atoms with van der Waals surface area (Å²) in [6.45, 7) is 3.23. The molecule has 1 fully saturated rings. The number of benzene rings is 1. The molecular weight excluding hydrogens is 428 g/mol. The lowest BCUT2D eigenvalue weighted by Crippen LogP contribution is -2.36. The third-order valence-corrected chi connectivity index (χ3v) is 5.76. The molecule has 0 saturated carbocycles. The van der Waals surface area contributed by atoms with E-state index in [1.807, 2.05) is 24.4 Å². The van der Waals surface area contributed by atoms with Crippen molar-refractivity contribution < 1.29 is 9.47 Å². The molecule has 0 atom stereocenters. The summed E-state index contributed by atoms with van der Waals surface area (Å²) in [7, 11) is 3.83. The molecule has 0 radical (unpaired) electrons. The summed E-state index contributed by atoms with van der Waals surface area (Å²) in [5.41, 5.74) is 3.61. The molecule has 176 valence electrons. The Labute approximate surface area is 200 Å². The number of nitrogens with zero attached hydrogens (tertiary/aromatic N) is 4. The number of nitrogens with one attached hydrogen (secondary N) is 2. The SMILES string of the molecule is C#Cc1cnc(Nc2cc(NC3CCN(C)CC3)c(-c3ccc(OCCOC)cc3)cn2)cn1. The van der Waals surface area contributed by atoms with E-state index in [1.165, 1.54) is 0 Å². The lowest BCUT2D eigenvalue weighted by molar-refractivity contribution is 0.146. The van der Waals surface area contributed by atoms with Crippen molar-refractivity contribution in [3.63, 3.8) is 0 Å². The molecule has 1 saturated heterocycles. The first-order chi connectivity index (χ1) is 16.6. The average molecular weight is 459 g/mol. The quantitative estimate of drug-likeness (QED) is 0.370. The molecule has 8 heteroatoms. The first kappa shape index (κ1) is 23.5.